The minimum atomic E-state index is -0.486. The van der Waals surface area contributed by atoms with Crippen molar-refractivity contribution in [3.05, 3.63) is 34.0 Å². The van der Waals surface area contributed by atoms with Gasteiger partial charge in [0.25, 0.3) is 0 Å². The van der Waals surface area contributed by atoms with E-state index in [0.717, 1.165) is 29.3 Å². The number of aryl methyl sites for hydroxylation is 1. The topological polar surface area (TPSA) is 52.1 Å². The van der Waals surface area contributed by atoms with Crippen molar-refractivity contribution in [1.29, 1.82) is 0 Å². The molecule has 94 valence electrons. The summed E-state index contributed by atoms with van der Waals surface area (Å²) in [6.45, 7) is 1.97. The average Bonchev–Trinajstić information content (AvgIpc) is 2.83. The van der Waals surface area contributed by atoms with Gasteiger partial charge in [0.1, 0.15) is 4.88 Å². The summed E-state index contributed by atoms with van der Waals surface area (Å²) in [5, 5.41) is 0. The number of carbonyl (C=O) groups is 1. The van der Waals surface area contributed by atoms with E-state index in [1.165, 1.54) is 18.4 Å². The van der Waals surface area contributed by atoms with Crippen LogP contribution in [0.25, 0.3) is 11.4 Å². The van der Waals surface area contributed by atoms with Crippen LogP contribution in [0.2, 0.25) is 0 Å². The Morgan fingerprint density at radius 1 is 1.44 bits per heavy atom. The van der Waals surface area contributed by atoms with E-state index >= 15 is 0 Å². The lowest BCUT2D eigenvalue weighted by Crippen LogP contribution is -1.97. The highest BCUT2D eigenvalue weighted by atomic mass is 32.1. The van der Waals surface area contributed by atoms with E-state index in [-0.39, 0.29) is 5.97 Å². The van der Waals surface area contributed by atoms with Crippen LogP contribution in [0.1, 0.15) is 21.5 Å². The molecule has 6 heteroatoms. The monoisotopic (exact) mass is 266 g/mol. The molecule has 0 aliphatic rings. The van der Waals surface area contributed by atoms with Crippen molar-refractivity contribution in [2.75, 3.05) is 7.11 Å². The van der Waals surface area contributed by atoms with Crippen LogP contribution >= 0.6 is 11.3 Å². The van der Waals surface area contributed by atoms with Crippen LogP contribution in [-0.2, 0) is 11.2 Å². The molecule has 2 rings (SSSR count). The molecule has 0 aliphatic carbocycles. The molecule has 0 saturated carbocycles. The van der Waals surface area contributed by atoms with Gasteiger partial charge in [0.15, 0.2) is 11.6 Å². The fourth-order valence-electron chi connectivity index (χ4n) is 1.53. The van der Waals surface area contributed by atoms with Gasteiger partial charge in [-0.3, -0.25) is 0 Å². The molecular weight excluding hydrogens is 255 g/mol. The van der Waals surface area contributed by atoms with Gasteiger partial charge < -0.3 is 4.74 Å². The molecule has 0 fully saturated rings. The molecule has 0 saturated heterocycles. The van der Waals surface area contributed by atoms with E-state index in [1.54, 1.807) is 6.07 Å². The number of carbonyl (C=O) groups excluding carboxylic acids is 1. The SMILES string of the molecule is CCc1sc(C(=O)OC)cc1-c1ncc(F)cn1. The Balaban J connectivity index is 2.46. The lowest BCUT2D eigenvalue weighted by atomic mass is 10.2. The molecule has 2 aromatic rings. The molecule has 2 heterocycles. The maximum Gasteiger partial charge on any atom is 0.348 e. The first-order valence-electron chi connectivity index (χ1n) is 5.34. The number of thiophene rings is 1. The fourth-order valence-corrected chi connectivity index (χ4v) is 2.55. The molecule has 0 aliphatic heterocycles. The minimum absolute atomic E-state index is 0.386. The maximum atomic E-state index is 12.8. The number of nitrogens with zero attached hydrogens (tertiary/aromatic N) is 2. The maximum absolute atomic E-state index is 12.8. The summed E-state index contributed by atoms with van der Waals surface area (Å²) in [7, 11) is 1.34. The number of halogens is 1. The summed E-state index contributed by atoms with van der Waals surface area (Å²) in [6, 6.07) is 1.68. The lowest BCUT2D eigenvalue weighted by molar-refractivity contribution is 0.0606. The first-order valence-corrected chi connectivity index (χ1v) is 6.16. The number of esters is 1. The first-order chi connectivity index (χ1) is 8.65. The van der Waals surface area contributed by atoms with Crippen LogP contribution in [-0.4, -0.2) is 23.0 Å². The highest BCUT2D eigenvalue weighted by Crippen LogP contribution is 2.30. The molecule has 2 aromatic heterocycles. The number of hydrogen-bond donors (Lipinski definition) is 0. The number of methoxy groups -OCH3 is 1. The minimum Gasteiger partial charge on any atom is -0.465 e. The quantitative estimate of drug-likeness (QED) is 0.801. The van der Waals surface area contributed by atoms with Crippen molar-refractivity contribution < 1.29 is 13.9 Å². The summed E-state index contributed by atoms with van der Waals surface area (Å²) in [5.74, 6) is -0.456. The van der Waals surface area contributed by atoms with Gasteiger partial charge in [-0.2, -0.15) is 0 Å². The van der Waals surface area contributed by atoms with Crippen LogP contribution < -0.4 is 0 Å². The van der Waals surface area contributed by atoms with Gasteiger partial charge >= 0.3 is 5.97 Å². The van der Waals surface area contributed by atoms with Crippen LogP contribution in [0.4, 0.5) is 4.39 Å². The molecule has 0 atom stereocenters. The summed E-state index contributed by atoms with van der Waals surface area (Å²) in [5.41, 5.74) is 0.753. The Kier molecular flexibility index (Phi) is 3.66. The van der Waals surface area contributed by atoms with Crippen molar-refractivity contribution in [3.63, 3.8) is 0 Å². The summed E-state index contributed by atoms with van der Waals surface area (Å²) in [4.78, 5) is 20.8. The molecule has 0 N–H and O–H groups in total. The van der Waals surface area contributed by atoms with Crippen LogP contribution in [0.5, 0.6) is 0 Å². The van der Waals surface area contributed by atoms with E-state index in [2.05, 4.69) is 14.7 Å². The van der Waals surface area contributed by atoms with E-state index in [9.17, 15) is 9.18 Å². The Labute approximate surface area is 107 Å². The lowest BCUT2D eigenvalue weighted by Gasteiger charge is -1.98. The van der Waals surface area contributed by atoms with Crippen molar-refractivity contribution in [2.24, 2.45) is 0 Å². The second kappa shape index (κ2) is 5.22. The predicted molar refractivity (Wildman–Crippen MR) is 66.0 cm³/mol. The van der Waals surface area contributed by atoms with Gasteiger partial charge in [0.05, 0.1) is 19.5 Å². The van der Waals surface area contributed by atoms with E-state index in [4.69, 9.17) is 0 Å². The van der Waals surface area contributed by atoms with E-state index < -0.39 is 5.82 Å². The fraction of sp³-hybridized carbons (Fsp3) is 0.250. The molecule has 0 radical (unpaired) electrons. The third-order valence-electron chi connectivity index (χ3n) is 2.38. The second-order valence-corrected chi connectivity index (χ2v) is 4.65. The number of rotatable bonds is 3. The van der Waals surface area contributed by atoms with E-state index in [1.807, 2.05) is 6.92 Å². The van der Waals surface area contributed by atoms with Crippen LogP contribution in [0.15, 0.2) is 18.5 Å². The first kappa shape index (κ1) is 12.6. The van der Waals surface area contributed by atoms with Crippen molar-refractivity contribution in [1.82, 2.24) is 9.97 Å². The van der Waals surface area contributed by atoms with Gasteiger partial charge in [-0.25, -0.2) is 19.2 Å². The van der Waals surface area contributed by atoms with Gasteiger partial charge in [-0.05, 0) is 12.5 Å². The van der Waals surface area contributed by atoms with Gasteiger partial charge in [0.2, 0.25) is 0 Å². The third-order valence-corrected chi connectivity index (χ3v) is 3.64. The molecule has 4 nitrogen and oxygen atoms in total. The van der Waals surface area contributed by atoms with Crippen molar-refractivity contribution in [3.8, 4) is 11.4 Å². The standard InChI is InChI=1S/C12H11FN2O2S/c1-3-9-8(4-10(18-9)12(16)17-2)11-14-5-7(13)6-15-11/h4-6H,3H2,1-2H3. The highest BCUT2D eigenvalue weighted by Gasteiger charge is 2.16. The zero-order valence-electron chi connectivity index (χ0n) is 9.94. The normalized spacial score (nSPS) is 10.4. The summed E-state index contributed by atoms with van der Waals surface area (Å²) < 4.78 is 17.5. The largest absolute Gasteiger partial charge is 0.465 e. The molecular formula is C12H11FN2O2S. The second-order valence-electron chi connectivity index (χ2n) is 3.52. The Bertz CT molecular complexity index is 566. The van der Waals surface area contributed by atoms with E-state index in [0.29, 0.717) is 10.7 Å². The van der Waals surface area contributed by atoms with Crippen molar-refractivity contribution in [2.45, 2.75) is 13.3 Å². The number of aromatic nitrogens is 2. The molecule has 0 spiro atoms. The molecule has 0 unspecified atom stereocenters. The molecule has 18 heavy (non-hydrogen) atoms. The highest BCUT2D eigenvalue weighted by molar-refractivity contribution is 7.14. The third kappa shape index (κ3) is 2.38. The Morgan fingerprint density at radius 2 is 2.11 bits per heavy atom. The van der Waals surface area contributed by atoms with Gasteiger partial charge in [0, 0.05) is 10.4 Å². The molecule has 0 aromatic carbocycles. The van der Waals surface area contributed by atoms with Crippen LogP contribution in [0.3, 0.4) is 0 Å². The smallest absolute Gasteiger partial charge is 0.348 e. The van der Waals surface area contributed by atoms with Crippen LogP contribution in [0, 0.1) is 5.82 Å². The zero-order valence-corrected chi connectivity index (χ0v) is 10.8. The summed E-state index contributed by atoms with van der Waals surface area (Å²) >= 11 is 1.34. The van der Waals surface area contributed by atoms with Gasteiger partial charge in [-0.1, -0.05) is 6.92 Å². The number of hydrogen-bond acceptors (Lipinski definition) is 5. The average molecular weight is 266 g/mol. The predicted octanol–water partition coefficient (Wildman–Crippen LogP) is 2.69. The molecule has 0 amide bonds. The van der Waals surface area contributed by atoms with Gasteiger partial charge in [-0.15, -0.1) is 11.3 Å². The summed E-state index contributed by atoms with van der Waals surface area (Å²) in [6.07, 6.45) is 2.96. The Hall–Kier alpha value is -1.82. The Morgan fingerprint density at radius 3 is 2.67 bits per heavy atom. The zero-order chi connectivity index (χ0) is 13.1. The molecule has 0 bridgehead atoms. The van der Waals surface area contributed by atoms with Crippen molar-refractivity contribution >= 4 is 17.3 Å². The number of ether oxygens (including phenoxy) is 1.